The number of nitrogens with zero attached hydrogens (tertiary/aromatic N) is 5. The van der Waals surface area contributed by atoms with Crippen molar-refractivity contribution in [1.29, 1.82) is 0 Å². The number of halogens is 2. The van der Waals surface area contributed by atoms with E-state index in [1.165, 1.54) is 35.3 Å². The summed E-state index contributed by atoms with van der Waals surface area (Å²) in [5.41, 5.74) is 6.85. The lowest BCUT2D eigenvalue weighted by atomic mass is 10.2. The van der Waals surface area contributed by atoms with Gasteiger partial charge in [0.2, 0.25) is 0 Å². The van der Waals surface area contributed by atoms with Crippen molar-refractivity contribution in [3.05, 3.63) is 65.2 Å². The number of nitrogens with two attached hydrogens (primary N) is 1. The van der Waals surface area contributed by atoms with E-state index in [1.807, 2.05) is 0 Å². The van der Waals surface area contributed by atoms with Gasteiger partial charge in [-0.05, 0) is 29.8 Å². The molecule has 0 radical (unpaired) electrons. The minimum atomic E-state index is -4.20. The Morgan fingerprint density at radius 3 is 2.83 bits per heavy atom. The monoisotopic (exact) mass is 466 g/mol. The van der Waals surface area contributed by atoms with E-state index in [9.17, 15) is 12.8 Å². The molecule has 4 aromatic rings. The van der Waals surface area contributed by atoms with Crippen molar-refractivity contribution < 1.29 is 17.0 Å². The Kier molecular flexibility index (Phi) is 5.47. The fourth-order valence-corrected chi connectivity index (χ4v) is 4.59. The molecule has 30 heavy (non-hydrogen) atoms. The highest BCUT2D eigenvalue weighted by atomic mass is 35.5. The van der Waals surface area contributed by atoms with E-state index < -0.39 is 15.9 Å². The molecule has 0 unspecified atom stereocenters. The van der Waals surface area contributed by atoms with Crippen molar-refractivity contribution in [3.8, 4) is 16.4 Å². The highest BCUT2D eigenvalue weighted by molar-refractivity contribution is 7.88. The summed E-state index contributed by atoms with van der Waals surface area (Å²) >= 11 is 6.88. The van der Waals surface area contributed by atoms with Crippen molar-refractivity contribution >= 4 is 38.9 Å². The van der Waals surface area contributed by atoms with Gasteiger partial charge in [-0.3, -0.25) is 4.18 Å². The lowest BCUT2D eigenvalue weighted by Gasteiger charge is -2.04. The van der Waals surface area contributed by atoms with Gasteiger partial charge in [-0.1, -0.05) is 35.1 Å². The molecule has 9 nitrogen and oxygen atoms in total. The van der Waals surface area contributed by atoms with Crippen LogP contribution in [0.1, 0.15) is 5.56 Å². The topological polar surface area (TPSA) is 126 Å². The molecule has 0 saturated heterocycles. The number of pyridine rings is 1. The summed E-state index contributed by atoms with van der Waals surface area (Å²) in [6, 6.07) is 8.73. The van der Waals surface area contributed by atoms with Gasteiger partial charge in [0.15, 0.2) is 10.8 Å². The molecule has 0 amide bonds. The standard InChI is InChI=1S/C17H12ClFN6O3S2/c18-13-5-2-6-21-15(13)25-14(20)12(8-22-25)16-23-24-17(29-16)30(26,27)28-9-10-3-1-4-11(19)7-10/h1-8H,9,20H2. The van der Waals surface area contributed by atoms with Crippen molar-refractivity contribution in [3.63, 3.8) is 0 Å². The Morgan fingerprint density at radius 1 is 1.23 bits per heavy atom. The predicted molar refractivity (Wildman–Crippen MR) is 108 cm³/mol. The normalized spacial score (nSPS) is 11.7. The van der Waals surface area contributed by atoms with Crippen molar-refractivity contribution in [1.82, 2.24) is 25.0 Å². The lowest BCUT2D eigenvalue weighted by molar-refractivity contribution is 0.307. The molecule has 0 aliphatic heterocycles. The number of hydrogen-bond donors (Lipinski definition) is 1. The first kappa shape index (κ1) is 20.3. The molecule has 0 bridgehead atoms. The Hall–Kier alpha value is -2.93. The highest BCUT2D eigenvalue weighted by Gasteiger charge is 2.24. The first-order valence-corrected chi connectivity index (χ1v) is 10.9. The third-order valence-corrected chi connectivity index (χ3v) is 6.71. The molecule has 13 heteroatoms. The van der Waals surface area contributed by atoms with E-state index in [0.717, 1.165) is 11.3 Å². The molecule has 0 spiro atoms. The zero-order valence-electron chi connectivity index (χ0n) is 14.9. The maximum Gasteiger partial charge on any atom is 0.326 e. The van der Waals surface area contributed by atoms with Crippen LogP contribution in [0.5, 0.6) is 0 Å². The largest absolute Gasteiger partial charge is 0.383 e. The zero-order valence-corrected chi connectivity index (χ0v) is 17.3. The average molecular weight is 467 g/mol. The van der Waals surface area contributed by atoms with Crippen LogP contribution in [0.3, 0.4) is 0 Å². The molecule has 1 aromatic carbocycles. The van der Waals surface area contributed by atoms with E-state index in [1.54, 1.807) is 18.2 Å². The summed E-state index contributed by atoms with van der Waals surface area (Å²) in [5.74, 6) is -0.0118. The van der Waals surface area contributed by atoms with Crippen LogP contribution in [0.15, 0.2) is 53.1 Å². The zero-order chi connectivity index (χ0) is 21.3. The summed E-state index contributed by atoms with van der Waals surface area (Å²) in [5, 5.41) is 12.3. The second-order valence-electron chi connectivity index (χ2n) is 5.88. The van der Waals surface area contributed by atoms with Crippen LogP contribution in [0.4, 0.5) is 10.2 Å². The van der Waals surface area contributed by atoms with Gasteiger partial charge in [0.25, 0.3) is 4.34 Å². The third-order valence-electron chi connectivity index (χ3n) is 3.87. The summed E-state index contributed by atoms with van der Waals surface area (Å²) in [4.78, 5) is 4.13. The first-order valence-electron chi connectivity index (χ1n) is 8.27. The minimum Gasteiger partial charge on any atom is -0.383 e. The Balaban J connectivity index is 1.58. The molecule has 0 atom stereocenters. The van der Waals surface area contributed by atoms with E-state index in [0.29, 0.717) is 22.0 Å². The van der Waals surface area contributed by atoms with E-state index in [-0.39, 0.29) is 21.8 Å². The molecule has 0 fully saturated rings. The van der Waals surface area contributed by atoms with Crippen LogP contribution in [-0.2, 0) is 20.9 Å². The molecule has 3 heterocycles. The lowest BCUT2D eigenvalue weighted by Crippen LogP contribution is -2.06. The van der Waals surface area contributed by atoms with Crippen molar-refractivity contribution in [2.24, 2.45) is 0 Å². The first-order chi connectivity index (χ1) is 14.3. The summed E-state index contributed by atoms with van der Waals surface area (Å²) in [7, 11) is -4.20. The number of aromatic nitrogens is 5. The molecule has 0 aliphatic carbocycles. The van der Waals surface area contributed by atoms with Gasteiger partial charge in [-0.25, -0.2) is 9.37 Å². The molecular weight excluding hydrogens is 455 g/mol. The van der Waals surface area contributed by atoms with Crippen LogP contribution >= 0.6 is 22.9 Å². The van der Waals surface area contributed by atoms with E-state index in [4.69, 9.17) is 21.5 Å². The molecule has 4 rings (SSSR count). The maximum atomic E-state index is 13.2. The predicted octanol–water partition coefficient (Wildman–Crippen LogP) is 3.07. The van der Waals surface area contributed by atoms with Gasteiger partial charge in [0, 0.05) is 6.20 Å². The molecule has 2 N–H and O–H groups in total. The highest BCUT2D eigenvalue weighted by Crippen LogP contribution is 2.32. The van der Waals surface area contributed by atoms with Crippen LogP contribution in [-0.4, -0.2) is 33.4 Å². The van der Waals surface area contributed by atoms with Crippen molar-refractivity contribution in [2.75, 3.05) is 5.73 Å². The summed E-state index contributed by atoms with van der Waals surface area (Å²) in [6.07, 6.45) is 2.94. The van der Waals surface area contributed by atoms with Crippen LogP contribution in [0.2, 0.25) is 5.02 Å². The van der Waals surface area contributed by atoms with Gasteiger partial charge >= 0.3 is 10.1 Å². The maximum absolute atomic E-state index is 13.2. The molecule has 3 aromatic heterocycles. The minimum absolute atomic E-state index is 0.163. The van der Waals surface area contributed by atoms with Gasteiger partial charge in [0.05, 0.1) is 23.4 Å². The van der Waals surface area contributed by atoms with Gasteiger partial charge in [-0.15, -0.1) is 10.2 Å². The number of hydrogen-bond acceptors (Lipinski definition) is 9. The summed E-state index contributed by atoms with van der Waals surface area (Å²) in [6.45, 7) is -0.340. The second-order valence-corrected chi connectivity index (χ2v) is 9.06. The third kappa shape index (κ3) is 4.03. The number of nitrogen functional groups attached to an aromatic ring is 1. The Labute approximate surface area is 179 Å². The number of benzene rings is 1. The van der Waals surface area contributed by atoms with Crippen LogP contribution < -0.4 is 5.73 Å². The van der Waals surface area contributed by atoms with E-state index in [2.05, 4.69) is 20.3 Å². The second kappa shape index (κ2) is 8.07. The Morgan fingerprint density at radius 2 is 2.07 bits per heavy atom. The quantitative estimate of drug-likeness (QED) is 0.429. The van der Waals surface area contributed by atoms with Gasteiger partial charge < -0.3 is 5.73 Å². The average Bonchev–Trinajstić information content (AvgIpc) is 3.34. The van der Waals surface area contributed by atoms with Crippen LogP contribution in [0, 0.1) is 5.82 Å². The van der Waals surface area contributed by atoms with Crippen molar-refractivity contribution in [2.45, 2.75) is 10.9 Å². The van der Waals surface area contributed by atoms with Gasteiger partial charge in [0.1, 0.15) is 11.6 Å². The smallest absolute Gasteiger partial charge is 0.326 e. The van der Waals surface area contributed by atoms with E-state index >= 15 is 0 Å². The molecule has 154 valence electrons. The van der Waals surface area contributed by atoms with Gasteiger partial charge in [-0.2, -0.15) is 18.2 Å². The fourth-order valence-electron chi connectivity index (χ4n) is 2.47. The SMILES string of the molecule is Nc1c(-c2nnc(S(=O)(=O)OCc3cccc(F)c3)s2)cnn1-c1ncccc1Cl. The number of rotatable bonds is 6. The number of anilines is 1. The fraction of sp³-hybridized carbons (Fsp3) is 0.0588. The Bertz CT molecular complexity index is 1320. The molecule has 0 saturated carbocycles. The molecular formula is C17H12ClFN6O3S2. The summed E-state index contributed by atoms with van der Waals surface area (Å²) < 4.78 is 43.9. The molecule has 0 aliphatic rings. The van der Waals surface area contributed by atoms with Crippen LogP contribution in [0.25, 0.3) is 16.4 Å².